The monoisotopic (exact) mass is 359 g/mol. The van der Waals surface area contributed by atoms with Gasteiger partial charge in [0.25, 0.3) is 0 Å². The molecule has 2 rings (SSSR count). The lowest BCUT2D eigenvalue weighted by Crippen LogP contribution is -2.12. The largest absolute Gasteiger partial charge is 0.437 e. The maximum atomic E-state index is 7.46. The van der Waals surface area contributed by atoms with Crippen LogP contribution in [0, 0.1) is 5.41 Å². The predicted molar refractivity (Wildman–Crippen MR) is 79.5 cm³/mol. The number of benzene rings is 1. The maximum Gasteiger partial charge on any atom is 0.230 e. The fraction of sp³-hybridized carbons (Fsp3) is 0. The normalized spacial score (nSPS) is 10.3. The summed E-state index contributed by atoms with van der Waals surface area (Å²) < 4.78 is 6.23. The van der Waals surface area contributed by atoms with Gasteiger partial charge in [0, 0.05) is 16.7 Å². The zero-order valence-corrected chi connectivity index (χ0v) is 12.6. The third-order valence-electron chi connectivity index (χ3n) is 2.24. The van der Waals surface area contributed by atoms with Gasteiger partial charge in [0.05, 0.1) is 15.6 Å². The molecule has 0 aliphatic rings. The molecule has 7 heteroatoms. The zero-order chi connectivity index (χ0) is 14.0. The Morgan fingerprint density at radius 3 is 2.74 bits per heavy atom. The van der Waals surface area contributed by atoms with Gasteiger partial charge < -0.3 is 10.5 Å². The number of halogens is 3. The van der Waals surface area contributed by atoms with Crippen LogP contribution in [0.5, 0.6) is 11.6 Å². The van der Waals surface area contributed by atoms with E-state index >= 15 is 0 Å². The van der Waals surface area contributed by atoms with E-state index in [1.54, 1.807) is 24.3 Å². The first-order valence-corrected chi connectivity index (χ1v) is 6.65. The van der Waals surface area contributed by atoms with Crippen molar-refractivity contribution in [3.05, 3.63) is 50.5 Å². The molecular weight excluding hydrogens is 353 g/mol. The summed E-state index contributed by atoms with van der Waals surface area (Å²) in [6.45, 7) is 0. The van der Waals surface area contributed by atoms with E-state index in [0.717, 1.165) is 0 Å². The molecule has 1 aromatic heterocycles. The number of nitrogen functional groups attached to an aromatic ring is 1. The van der Waals surface area contributed by atoms with Crippen LogP contribution < -0.4 is 10.5 Å². The van der Waals surface area contributed by atoms with Crippen molar-refractivity contribution >= 4 is 45.0 Å². The van der Waals surface area contributed by atoms with Gasteiger partial charge in [-0.25, -0.2) is 4.98 Å². The Morgan fingerprint density at radius 2 is 2.05 bits per heavy atom. The van der Waals surface area contributed by atoms with E-state index in [1.165, 1.54) is 6.20 Å². The minimum atomic E-state index is -0.137. The van der Waals surface area contributed by atoms with Gasteiger partial charge in [0.2, 0.25) is 5.88 Å². The Hall–Kier alpha value is -1.30. The highest BCUT2D eigenvalue weighted by atomic mass is 79.9. The molecule has 0 fully saturated rings. The number of aromatic nitrogens is 1. The van der Waals surface area contributed by atoms with Gasteiger partial charge in [-0.15, -0.1) is 0 Å². The molecule has 0 aliphatic heterocycles. The summed E-state index contributed by atoms with van der Waals surface area (Å²) >= 11 is 15.3. The van der Waals surface area contributed by atoms with E-state index < -0.39 is 0 Å². The second kappa shape index (κ2) is 5.77. The SMILES string of the molecule is N=C(N)c1cccnc1Oc1cc(Cl)c(Br)cc1Cl. The molecule has 0 amide bonds. The molecule has 0 bridgehead atoms. The quantitative estimate of drug-likeness (QED) is 0.488. The number of hydrogen-bond donors (Lipinski definition) is 2. The second-order valence-corrected chi connectivity index (χ2v) is 5.24. The summed E-state index contributed by atoms with van der Waals surface area (Å²) in [6.07, 6.45) is 1.54. The van der Waals surface area contributed by atoms with Crippen LogP contribution >= 0.6 is 39.1 Å². The van der Waals surface area contributed by atoms with Crippen LogP contribution in [0.1, 0.15) is 5.56 Å². The molecule has 98 valence electrons. The zero-order valence-electron chi connectivity index (χ0n) is 9.45. The molecule has 0 saturated heterocycles. The lowest BCUT2D eigenvalue weighted by Gasteiger charge is -2.10. The number of nitrogens with two attached hydrogens (primary N) is 1. The number of nitrogens with zero attached hydrogens (tertiary/aromatic N) is 1. The summed E-state index contributed by atoms with van der Waals surface area (Å²) in [5.41, 5.74) is 5.84. The number of hydrogen-bond acceptors (Lipinski definition) is 3. The van der Waals surface area contributed by atoms with Crippen LogP contribution in [-0.2, 0) is 0 Å². The molecule has 4 nitrogen and oxygen atoms in total. The lowest BCUT2D eigenvalue weighted by molar-refractivity contribution is 0.462. The van der Waals surface area contributed by atoms with Crippen LogP contribution in [0.3, 0.4) is 0 Å². The molecule has 0 aliphatic carbocycles. The van der Waals surface area contributed by atoms with Crippen molar-refractivity contribution in [2.45, 2.75) is 0 Å². The number of ether oxygens (including phenoxy) is 1. The summed E-state index contributed by atoms with van der Waals surface area (Å²) in [4.78, 5) is 4.03. The van der Waals surface area contributed by atoms with Crippen molar-refractivity contribution in [2.75, 3.05) is 0 Å². The highest BCUT2D eigenvalue weighted by Crippen LogP contribution is 2.36. The second-order valence-electron chi connectivity index (χ2n) is 3.57. The topological polar surface area (TPSA) is 72.0 Å². The van der Waals surface area contributed by atoms with Gasteiger partial charge >= 0.3 is 0 Å². The first-order chi connectivity index (χ1) is 8.99. The average Bonchev–Trinajstić information content (AvgIpc) is 2.36. The first kappa shape index (κ1) is 14.1. The Bertz CT molecular complexity index is 649. The van der Waals surface area contributed by atoms with Crippen molar-refractivity contribution in [1.29, 1.82) is 5.41 Å². The molecule has 0 radical (unpaired) electrons. The fourth-order valence-electron chi connectivity index (χ4n) is 1.36. The minimum Gasteiger partial charge on any atom is -0.437 e. The van der Waals surface area contributed by atoms with Crippen molar-refractivity contribution in [1.82, 2.24) is 4.98 Å². The summed E-state index contributed by atoms with van der Waals surface area (Å²) in [7, 11) is 0. The lowest BCUT2D eigenvalue weighted by atomic mass is 10.2. The number of amidine groups is 1. The fourth-order valence-corrected chi connectivity index (χ4v) is 2.19. The van der Waals surface area contributed by atoms with Gasteiger partial charge in [0.15, 0.2) is 0 Å². The minimum absolute atomic E-state index is 0.137. The summed E-state index contributed by atoms with van der Waals surface area (Å²) in [5, 5.41) is 8.29. The third kappa shape index (κ3) is 3.18. The molecule has 2 aromatic rings. The highest BCUT2D eigenvalue weighted by molar-refractivity contribution is 9.10. The maximum absolute atomic E-state index is 7.46. The Kier molecular flexibility index (Phi) is 4.29. The smallest absolute Gasteiger partial charge is 0.230 e. The van der Waals surface area contributed by atoms with E-state index in [9.17, 15) is 0 Å². The Morgan fingerprint density at radius 1 is 1.32 bits per heavy atom. The van der Waals surface area contributed by atoms with Crippen LogP contribution in [-0.4, -0.2) is 10.8 Å². The highest BCUT2D eigenvalue weighted by Gasteiger charge is 2.12. The first-order valence-electron chi connectivity index (χ1n) is 5.11. The molecule has 3 N–H and O–H groups in total. The van der Waals surface area contributed by atoms with Gasteiger partial charge in [-0.3, -0.25) is 5.41 Å². The molecule has 0 saturated carbocycles. The Labute approximate surface area is 128 Å². The van der Waals surface area contributed by atoms with Crippen molar-refractivity contribution < 1.29 is 4.74 Å². The predicted octanol–water partition coefficient (Wildman–Crippen LogP) is 4.23. The van der Waals surface area contributed by atoms with Gasteiger partial charge in [-0.2, -0.15) is 0 Å². The molecule has 1 aromatic carbocycles. The average molecular weight is 361 g/mol. The van der Waals surface area contributed by atoms with Crippen LogP contribution in [0.4, 0.5) is 0 Å². The molecule has 0 atom stereocenters. The van der Waals surface area contributed by atoms with Gasteiger partial charge in [-0.1, -0.05) is 23.2 Å². The number of pyridine rings is 1. The van der Waals surface area contributed by atoms with Crippen LogP contribution in [0.15, 0.2) is 34.9 Å². The van der Waals surface area contributed by atoms with Crippen molar-refractivity contribution in [3.8, 4) is 11.6 Å². The van der Waals surface area contributed by atoms with Crippen molar-refractivity contribution in [3.63, 3.8) is 0 Å². The summed E-state index contributed by atoms with van der Waals surface area (Å²) in [5.74, 6) is 0.411. The molecule has 1 heterocycles. The van der Waals surface area contributed by atoms with Gasteiger partial charge in [-0.05, 0) is 34.1 Å². The van der Waals surface area contributed by atoms with E-state index in [1.807, 2.05) is 0 Å². The third-order valence-corrected chi connectivity index (χ3v) is 3.74. The number of rotatable bonds is 3. The standard InChI is InChI=1S/C12H8BrCl2N3O/c13-7-4-9(15)10(5-8(7)14)19-12-6(11(16)17)2-1-3-18-12/h1-5H,(H3,16,17). The molecule has 19 heavy (non-hydrogen) atoms. The number of nitrogens with one attached hydrogen (secondary N) is 1. The Balaban J connectivity index is 2.42. The van der Waals surface area contributed by atoms with E-state index in [2.05, 4.69) is 20.9 Å². The van der Waals surface area contributed by atoms with E-state index in [0.29, 0.717) is 25.8 Å². The van der Waals surface area contributed by atoms with E-state index in [4.69, 9.17) is 39.1 Å². The van der Waals surface area contributed by atoms with Crippen LogP contribution in [0.2, 0.25) is 10.0 Å². The molecule has 0 spiro atoms. The van der Waals surface area contributed by atoms with Gasteiger partial charge in [0.1, 0.15) is 11.6 Å². The summed E-state index contributed by atoms with van der Waals surface area (Å²) in [6, 6.07) is 6.49. The van der Waals surface area contributed by atoms with E-state index in [-0.39, 0.29) is 11.7 Å². The van der Waals surface area contributed by atoms with Crippen molar-refractivity contribution in [2.24, 2.45) is 5.73 Å². The molecule has 0 unspecified atom stereocenters. The van der Waals surface area contributed by atoms with Crippen LogP contribution in [0.25, 0.3) is 0 Å². The molecular formula is C12H8BrCl2N3O.